The number of carbonyl (C=O) groups excluding carboxylic acids is 1. The zero-order valence-electron chi connectivity index (χ0n) is 15.8. The first-order valence-corrected chi connectivity index (χ1v) is 11.2. The molecule has 7 heteroatoms. The van der Waals surface area contributed by atoms with Gasteiger partial charge in [0.2, 0.25) is 5.91 Å². The van der Waals surface area contributed by atoms with Gasteiger partial charge in [0.1, 0.15) is 0 Å². The summed E-state index contributed by atoms with van der Waals surface area (Å²) in [5.41, 5.74) is 3.51. The predicted octanol–water partition coefficient (Wildman–Crippen LogP) is 2.77. The van der Waals surface area contributed by atoms with Gasteiger partial charge in [0, 0.05) is 31.7 Å². The molecule has 0 bridgehead atoms. The number of amides is 1. The van der Waals surface area contributed by atoms with Gasteiger partial charge in [-0.15, -0.1) is 0 Å². The number of benzene rings is 2. The average molecular weight is 398 g/mol. The molecule has 146 valence electrons. The third-order valence-electron chi connectivity index (χ3n) is 6.13. The van der Waals surface area contributed by atoms with E-state index in [0.29, 0.717) is 24.4 Å². The van der Waals surface area contributed by atoms with Crippen molar-refractivity contribution in [2.45, 2.75) is 37.1 Å². The second kappa shape index (κ2) is 6.24. The Bertz CT molecular complexity index is 1070. The molecule has 1 fully saturated rings. The Labute approximate surface area is 165 Å². The second-order valence-electron chi connectivity index (χ2n) is 7.73. The van der Waals surface area contributed by atoms with Gasteiger partial charge in [0.15, 0.2) is 0 Å². The summed E-state index contributed by atoms with van der Waals surface area (Å²) in [5, 5.41) is 0. The van der Waals surface area contributed by atoms with Gasteiger partial charge >= 0.3 is 0 Å². The number of hydrogen-bond acceptors (Lipinski definition) is 4. The van der Waals surface area contributed by atoms with E-state index in [1.807, 2.05) is 24.3 Å². The van der Waals surface area contributed by atoms with Crippen LogP contribution in [0.15, 0.2) is 47.4 Å². The molecule has 0 N–H and O–H groups in total. The maximum absolute atomic E-state index is 13.6. The van der Waals surface area contributed by atoms with Gasteiger partial charge < -0.3 is 9.80 Å². The summed E-state index contributed by atoms with van der Waals surface area (Å²) in [6, 6.07) is 13.2. The monoisotopic (exact) mass is 397 g/mol. The summed E-state index contributed by atoms with van der Waals surface area (Å²) in [6.07, 6.45) is 2.79. The van der Waals surface area contributed by atoms with Gasteiger partial charge in [0.05, 0.1) is 22.8 Å². The van der Waals surface area contributed by atoms with E-state index in [-0.39, 0.29) is 11.9 Å². The molecule has 0 aliphatic carbocycles. The topological polar surface area (TPSA) is 60.9 Å². The number of fused-ring (bicyclic) bond motifs is 4. The lowest BCUT2D eigenvalue weighted by atomic mass is 10.1. The maximum atomic E-state index is 13.6. The molecule has 3 aliphatic heterocycles. The highest BCUT2D eigenvalue weighted by Crippen LogP contribution is 2.42. The number of carbonyl (C=O) groups is 1. The highest BCUT2D eigenvalue weighted by atomic mass is 32.2. The van der Waals surface area contributed by atoms with Crippen molar-refractivity contribution in [1.82, 2.24) is 0 Å². The fourth-order valence-electron chi connectivity index (χ4n) is 4.77. The van der Waals surface area contributed by atoms with Gasteiger partial charge in [0.25, 0.3) is 10.0 Å². The number of sulfonamides is 1. The van der Waals surface area contributed by atoms with Gasteiger partial charge in [-0.2, -0.15) is 0 Å². The van der Waals surface area contributed by atoms with Gasteiger partial charge in [-0.05, 0) is 55.2 Å². The molecule has 3 aliphatic rings. The van der Waals surface area contributed by atoms with E-state index in [1.165, 1.54) is 6.92 Å². The minimum absolute atomic E-state index is 0.0133. The molecule has 0 radical (unpaired) electrons. The molecule has 1 amide bonds. The van der Waals surface area contributed by atoms with Crippen molar-refractivity contribution in [2.24, 2.45) is 0 Å². The molecule has 1 atom stereocenters. The second-order valence-corrected chi connectivity index (χ2v) is 9.59. The van der Waals surface area contributed by atoms with E-state index in [0.717, 1.165) is 42.0 Å². The Hall–Kier alpha value is -2.54. The van der Waals surface area contributed by atoms with Crippen LogP contribution in [0, 0.1) is 0 Å². The van der Waals surface area contributed by atoms with Crippen molar-refractivity contribution in [2.75, 3.05) is 33.7 Å². The largest absolute Gasteiger partial charge is 0.365 e. The summed E-state index contributed by atoms with van der Waals surface area (Å²) in [4.78, 5) is 16.1. The Morgan fingerprint density at radius 2 is 1.82 bits per heavy atom. The fourth-order valence-corrected chi connectivity index (χ4v) is 6.34. The molecule has 0 aromatic heterocycles. The molecular weight excluding hydrogens is 374 g/mol. The van der Waals surface area contributed by atoms with Crippen LogP contribution >= 0.6 is 0 Å². The number of rotatable bonds is 2. The van der Waals surface area contributed by atoms with Crippen LogP contribution in [0.1, 0.15) is 25.3 Å². The van der Waals surface area contributed by atoms with Crippen LogP contribution < -0.4 is 14.1 Å². The van der Waals surface area contributed by atoms with E-state index >= 15 is 0 Å². The van der Waals surface area contributed by atoms with Crippen LogP contribution in [0.2, 0.25) is 0 Å². The van der Waals surface area contributed by atoms with Crippen molar-refractivity contribution in [3.63, 3.8) is 0 Å². The number of para-hydroxylation sites is 2. The third-order valence-corrected chi connectivity index (χ3v) is 7.90. The highest BCUT2D eigenvalue weighted by Gasteiger charge is 2.39. The van der Waals surface area contributed by atoms with E-state index in [2.05, 4.69) is 4.90 Å². The van der Waals surface area contributed by atoms with Crippen molar-refractivity contribution >= 4 is 33.0 Å². The lowest BCUT2D eigenvalue weighted by Crippen LogP contribution is -2.48. The number of nitrogens with zero attached hydrogens (tertiary/aromatic N) is 3. The molecule has 0 unspecified atom stereocenters. The maximum Gasteiger partial charge on any atom is 0.264 e. The molecule has 1 saturated heterocycles. The van der Waals surface area contributed by atoms with Crippen molar-refractivity contribution in [3.8, 4) is 0 Å². The summed E-state index contributed by atoms with van der Waals surface area (Å²) in [6.45, 7) is 3.61. The Kier molecular flexibility index (Phi) is 3.91. The summed E-state index contributed by atoms with van der Waals surface area (Å²) in [5.74, 6) is -0.0133. The molecule has 0 spiro atoms. The third kappa shape index (κ3) is 2.53. The average Bonchev–Trinajstić information content (AvgIpc) is 3.33. The first kappa shape index (κ1) is 17.6. The first-order chi connectivity index (χ1) is 13.5. The van der Waals surface area contributed by atoms with E-state index in [1.54, 1.807) is 27.4 Å². The predicted molar refractivity (Wildman–Crippen MR) is 110 cm³/mol. The van der Waals surface area contributed by atoms with Gasteiger partial charge in [-0.1, -0.05) is 12.1 Å². The number of hydrogen-bond donors (Lipinski definition) is 0. The standard InChI is InChI=1S/C21H23N3O3S/c1-15(25)22-12-10-16-13-18(8-9-19(16)22)28(26,27)24-14-17-5-4-11-23(17)20-6-2-3-7-21(20)24/h2-3,6-9,13,17H,4-5,10-12,14H2,1H3/t17-/m0/s1. The molecule has 2 aromatic rings. The van der Waals surface area contributed by atoms with Crippen LogP contribution in [0.5, 0.6) is 0 Å². The fraction of sp³-hybridized carbons (Fsp3) is 0.381. The zero-order chi connectivity index (χ0) is 19.5. The molecule has 28 heavy (non-hydrogen) atoms. The van der Waals surface area contributed by atoms with Gasteiger partial charge in [-0.25, -0.2) is 8.42 Å². The molecule has 3 heterocycles. The minimum atomic E-state index is -3.67. The summed E-state index contributed by atoms with van der Waals surface area (Å²) in [7, 11) is -3.67. The van der Waals surface area contributed by atoms with Crippen LogP contribution in [0.4, 0.5) is 17.1 Å². The molecule has 0 saturated carbocycles. The molecule has 5 rings (SSSR count). The van der Waals surface area contributed by atoms with Crippen LogP contribution in [0.25, 0.3) is 0 Å². The molecule has 2 aromatic carbocycles. The quantitative estimate of drug-likeness (QED) is 0.782. The van der Waals surface area contributed by atoms with Crippen LogP contribution in [-0.4, -0.2) is 40.0 Å². The van der Waals surface area contributed by atoms with E-state index in [9.17, 15) is 13.2 Å². The summed E-state index contributed by atoms with van der Waals surface area (Å²) >= 11 is 0. The van der Waals surface area contributed by atoms with Gasteiger partial charge in [-0.3, -0.25) is 9.10 Å². The van der Waals surface area contributed by atoms with Crippen LogP contribution in [-0.2, 0) is 21.2 Å². The normalized spacial score (nSPS) is 20.8. The smallest absolute Gasteiger partial charge is 0.264 e. The SMILES string of the molecule is CC(=O)N1CCc2cc(S(=O)(=O)N3C[C@@H]4CCCN4c4ccccc43)ccc21. The number of anilines is 3. The Morgan fingerprint density at radius 3 is 2.61 bits per heavy atom. The van der Waals surface area contributed by atoms with E-state index in [4.69, 9.17) is 0 Å². The summed E-state index contributed by atoms with van der Waals surface area (Å²) < 4.78 is 28.7. The lowest BCUT2D eigenvalue weighted by molar-refractivity contribution is -0.116. The van der Waals surface area contributed by atoms with Crippen LogP contribution in [0.3, 0.4) is 0 Å². The lowest BCUT2D eigenvalue weighted by Gasteiger charge is -2.40. The zero-order valence-corrected chi connectivity index (χ0v) is 16.7. The Morgan fingerprint density at radius 1 is 1.04 bits per heavy atom. The molecular formula is C21H23N3O3S. The van der Waals surface area contributed by atoms with Crippen molar-refractivity contribution in [3.05, 3.63) is 48.0 Å². The minimum Gasteiger partial charge on any atom is -0.365 e. The van der Waals surface area contributed by atoms with E-state index < -0.39 is 10.0 Å². The Balaban J connectivity index is 1.56. The molecule has 6 nitrogen and oxygen atoms in total. The van der Waals surface area contributed by atoms with Crippen molar-refractivity contribution < 1.29 is 13.2 Å². The first-order valence-electron chi connectivity index (χ1n) is 9.76. The van der Waals surface area contributed by atoms with Crippen molar-refractivity contribution in [1.29, 1.82) is 0 Å². The highest BCUT2D eigenvalue weighted by molar-refractivity contribution is 7.92.